The number of aliphatic carboxylic acids is 2. The fraction of sp³-hybridized carbons (Fsp3) is 0.600. The van der Waals surface area contributed by atoms with Crippen LogP contribution in [0.25, 0.3) is 0 Å². The van der Waals surface area contributed by atoms with E-state index in [-0.39, 0.29) is 124 Å². The first kappa shape index (κ1) is 28.3. The van der Waals surface area contributed by atoms with Crippen LogP contribution in [0.4, 0.5) is 0 Å². The van der Waals surface area contributed by atoms with Crippen molar-refractivity contribution < 1.29 is 135 Å². The quantitative estimate of drug-likeness (QED) is 0.169. The largest absolute Gasteiger partial charge is 1.00 e. The van der Waals surface area contributed by atoms with Crippen LogP contribution < -0.4 is 119 Å². The van der Waals surface area contributed by atoms with Gasteiger partial charge in [0.25, 0.3) is 0 Å². The average Bonchev–Trinajstić information content (AvgIpc) is 2.38. The molecule has 0 aromatic carbocycles. The van der Waals surface area contributed by atoms with E-state index in [1.54, 1.807) is 0 Å². The molecule has 0 aliphatic heterocycles. The van der Waals surface area contributed by atoms with Crippen LogP contribution in [0, 0.1) is 0 Å². The van der Waals surface area contributed by atoms with Gasteiger partial charge < -0.3 is 29.4 Å². The Morgan fingerprint density at radius 2 is 1.73 bits per heavy atom. The SMILES string of the molecule is N[C@@H](CCC(=O)N[C@@H](CS)C(=O)NCC(=O)O)C(=O)O.[H-].[H-].[K+].[K+]. The third-order valence-electron chi connectivity index (χ3n) is 2.25. The van der Waals surface area contributed by atoms with Crippen molar-refractivity contribution >= 4 is 36.4 Å². The van der Waals surface area contributed by atoms with Crippen LogP contribution in [0.2, 0.25) is 0 Å². The number of carboxylic acid groups (broad SMARTS) is 2. The molecule has 0 aliphatic carbocycles. The minimum atomic E-state index is -1.22. The zero-order valence-electron chi connectivity index (χ0n) is 14.5. The normalized spacial score (nSPS) is 11.9. The van der Waals surface area contributed by atoms with Crippen molar-refractivity contribution in [3.8, 4) is 0 Å². The Hall–Kier alpha value is 1.46. The van der Waals surface area contributed by atoms with Gasteiger partial charge in [-0.05, 0) is 6.42 Å². The van der Waals surface area contributed by atoms with E-state index in [1.807, 2.05) is 0 Å². The maximum atomic E-state index is 11.5. The van der Waals surface area contributed by atoms with E-state index in [4.69, 9.17) is 15.9 Å². The first-order valence-corrected chi connectivity index (χ1v) is 6.29. The number of thiol groups is 1. The van der Waals surface area contributed by atoms with Gasteiger partial charge >= 0.3 is 115 Å². The Morgan fingerprint density at radius 3 is 2.14 bits per heavy atom. The van der Waals surface area contributed by atoms with Gasteiger partial charge in [-0.2, -0.15) is 12.6 Å². The van der Waals surface area contributed by atoms with E-state index in [1.165, 1.54) is 0 Å². The fourth-order valence-electron chi connectivity index (χ4n) is 1.16. The molecule has 0 saturated heterocycles. The van der Waals surface area contributed by atoms with E-state index in [0.717, 1.165) is 0 Å². The van der Waals surface area contributed by atoms with E-state index in [0.29, 0.717) is 0 Å². The summed E-state index contributed by atoms with van der Waals surface area (Å²) in [6, 6.07) is -2.15. The Bertz CT molecular complexity index is 409. The molecule has 2 atom stereocenters. The molecule has 0 fully saturated rings. The van der Waals surface area contributed by atoms with Gasteiger partial charge in [0.1, 0.15) is 18.6 Å². The summed E-state index contributed by atoms with van der Waals surface area (Å²) in [5, 5.41) is 21.4. The fourth-order valence-corrected chi connectivity index (χ4v) is 1.41. The molecule has 0 rings (SSSR count). The van der Waals surface area contributed by atoms with E-state index < -0.39 is 42.4 Å². The topological polar surface area (TPSA) is 159 Å². The summed E-state index contributed by atoms with van der Waals surface area (Å²) in [5.74, 6) is -3.70. The van der Waals surface area contributed by atoms with Gasteiger partial charge in [0, 0.05) is 12.2 Å². The Morgan fingerprint density at radius 1 is 1.18 bits per heavy atom. The van der Waals surface area contributed by atoms with Crippen molar-refractivity contribution in [3.05, 3.63) is 0 Å². The summed E-state index contributed by atoms with van der Waals surface area (Å²) in [5.41, 5.74) is 5.23. The molecule has 0 spiro atoms. The van der Waals surface area contributed by atoms with E-state index in [2.05, 4.69) is 23.3 Å². The van der Waals surface area contributed by atoms with Gasteiger partial charge in [-0.3, -0.25) is 19.2 Å². The molecule has 0 radical (unpaired) electrons. The van der Waals surface area contributed by atoms with Gasteiger partial charge in [0.15, 0.2) is 0 Å². The predicted octanol–water partition coefficient (Wildman–Crippen LogP) is -7.97. The summed E-state index contributed by atoms with van der Waals surface area (Å²) in [7, 11) is 0. The van der Waals surface area contributed by atoms with Crippen LogP contribution >= 0.6 is 12.6 Å². The second-order valence-corrected chi connectivity index (χ2v) is 4.26. The molecule has 0 aliphatic rings. The molecule has 0 unspecified atom stereocenters. The zero-order valence-corrected chi connectivity index (χ0v) is 19.7. The standard InChI is InChI=1S/C10H17N3O6S.2K.2H/c11-5(10(18)19)1-2-7(14)13-6(4-20)9(17)12-3-8(15)16;;;;/h5-6,20H,1-4,11H2,(H,12,17)(H,13,14)(H,15,16)(H,18,19);;;;/q;2*+1;2*-1/t5-,6-;;;;/m0..../s1. The molecule has 22 heavy (non-hydrogen) atoms. The summed E-state index contributed by atoms with van der Waals surface area (Å²) in [4.78, 5) is 43.7. The predicted molar refractivity (Wildman–Crippen MR) is 73.5 cm³/mol. The van der Waals surface area contributed by atoms with Crippen LogP contribution in [0.5, 0.6) is 0 Å². The molecular weight excluding hydrogens is 368 g/mol. The molecule has 2 amide bonds. The second kappa shape index (κ2) is 16.0. The molecule has 12 heteroatoms. The van der Waals surface area contributed by atoms with Gasteiger partial charge in [-0.15, -0.1) is 0 Å². The minimum absolute atomic E-state index is 0. The third kappa shape index (κ3) is 13.9. The number of rotatable bonds is 9. The number of hydrogen-bond acceptors (Lipinski definition) is 6. The smallest absolute Gasteiger partial charge is 1.00 e. The van der Waals surface area contributed by atoms with Crippen molar-refractivity contribution in [2.24, 2.45) is 5.73 Å². The van der Waals surface area contributed by atoms with E-state index >= 15 is 0 Å². The number of carbonyl (C=O) groups is 4. The average molecular weight is 388 g/mol. The number of carbonyl (C=O) groups excluding carboxylic acids is 2. The Labute approximate surface area is 221 Å². The first-order valence-electron chi connectivity index (χ1n) is 5.66. The summed E-state index contributed by atoms with van der Waals surface area (Å²) in [6.45, 7) is -0.567. The number of hydrogen-bond donors (Lipinski definition) is 6. The Balaban J connectivity index is -0.000000301. The molecule has 6 N–H and O–H groups in total. The minimum Gasteiger partial charge on any atom is -1.00 e. The molecule has 0 bridgehead atoms. The number of carboxylic acids is 2. The summed E-state index contributed by atoms with van der Waals surface area (Å²) < 4.78 is 0. The molecular formula is C10H19K2N3O6S. The number of amides is 2. The number of nitrogens with one attached hydrogen (secondary N) is 2. The first-order chi connectivity index (χ1) is 9.27. The van der Waals surface area contributed by atoms with Crippen LogP contribution in [0.15, 0.2) is 0 Å². The molecule has 0 aromatic rings. The molecule has 0 heterocycles. The molecule has 9 nitrogen and oxygen atoms in total. The van der Waals surface area contributed by atoms with Crippen LogP contribution in [0.3, 0.4) is 0 Å². The van der Waals surface area contributed by atoms with Crippen molar-refractivity contribution in [2.75, 3.05) is 12.3 Å². The Kier molecular flexibility index (Phi) is 20.5. The second-order valence-electron chi connectivity index (χ2n) is 3.90. The molecule has 0 aromatic heterocycles. The maximum Gasteiger partial charge on any atom is 1.00 e. The summed E-state index contributed by atoms with van der Waals surface area (Å²) in [6.07, 6.45) is -0.235. The van der Waals surface area contributed by atoms with E-state index in [9.17, 15) is 19.2 Å². The van der Waals surface area contributed by atoms with Crippen molar-refractivity contribution in [2.45, 2.75) is 24.9 Å². The van der Waals surface area contributed by atoms with Gasteiger partial charge in [-0.25, -0.2) is 0 Å². The van der Waals surface area contributed by atoms with Gasteiger partial charge in [0.2, 0.25) is 11.8 Å². The van der Waals surface area contributed by atoms with Crippen LogP contribution in [-0.2, 0) is 19.2 Å². The molecule has 118 valence electrons. The number of nitrogens with two attached hydrogens (primary N) is 1. The van der Waals surface area contributed by atoms with Crippen LogP contribution in [0.1, 0.15) is 15.7 Å². The van der Waals surface area contributed by atoms with Crippen molar-refractivity contribution in [1.29, 1.82) is 0 Å². The van der Waals surface area contributed by atoms with Crippen LogP contribution in [-0.4, -0.2) is 58.3 Å². The maximum absolute atomic E-state index is 11.5. The monoisotopic (exact) mass is 387 g/mol. The van der Waals surface area contributed by atoms with Gasteiger partial charge in [-0.1, -0.05) is 0 Å². The van der Waals surface area contributed by atoms with Crippen molar-refractivity contribution in [3.63, 3.8) is 0 Å². The van der Waals surface area contributed by atoms with Crippen molar-refractivity contribution in [1.82, 2.24) is 10.6 Å². The zero-order chi connectivity index (χ0) is 15.7. The summed E-state index contributed by atoms with van der Waals surface area (Å²) >= 11 is 3.87. The third-order valence-corrected chi connectivity index (χ3v) is 2.61. The molecule has 0 saturated carbocycles. The van der Waals surface area contributed by atoms with Gasteiger partial charge in [0.05, 0.1) is 0 Å².